The molecule has 3 heterocycles. The van der Waals surface area contributed by atoms with E-state index in [0.717, 1.165) is 5.56 Å². The van der Waals surface area contributed by atoms with E-state index >= 15 is 0 Å². The molecule has 0 amide bonds. The van der Waals surface area contributed by atoms with Gasteiger partial charge in [-0.1, -0.05) is 30.3 Å². The van der Waals surface area contributed by atoms with E-state index in [1.54, 1.807) is 36.9 Å². The SMILES string of the molecule is Cc1ncc(C#N)c(NC(C)c2nc3cccc(-c4ccc(=O)n(C)c4)c3c(=O)n2-c2ccccc2)n1. The van der Waals surface area contributed by atoms with Crippen LogP contribution in [0, 0.1) is 18.3 Å². The number of pyridine rings is 1. The van der Waals surface area contributed by atoms with Crippen molar-refractivity contribution in [1.82, 2.24) is 24.1 Å². The van der Waals surface area contributed by atoms with Crippen LogP contribution in [0.15, 0.2) is 82.6 Å². The summed E-state index contributed by atoms with van der Waals surface area (Å²) >= 11 is 0. The monoisotopic (exact) mass is 489 g/mol. The van der Waals surface area contributed by atoms with Crippen LogP contribution in [0.3, 0.4) is 0 Å². The van der Waals surface area contributed by atoms with Crippen LogP contribution in [0.1, 0.15) is 30.2 Å². The number of rotatable bonds is 5. The molecule has 0 aliphatic rings. The zero-order chi connectivity index (χ0) is 26.1. The highest BCUT2D eigenvalue weighted by Gasteiger charge is 2.21. The molecule has 0 fully saturated rings. The van der Waals surface area contributed by atoms with Crippen molar-refractivity contribution in [2.24, 2.45) is 7.05 Å². The summed E-state index contributed by atoms with van der Waals surface area (Å²) in [6.45, 7) is 3.61. The number of aryl methyl sites for hydroxylation is 2. The minimum Gasteiger partial charge on any atom is -0.359 e. The zero-order valence-electron chi connectivity index (χ0n) is 20.5. The number of nitrogens with one attached hydrogen (secondary N) is 1. The Kier molecular flexibility index (Phi) is 6.07. The molecule has 1 unspecified atom stereocenters. The number of hydrogen-bond acceptors (Lipinski definition) is 7. The molecule has 37 heavy (non-hydrogen) atoms. The molecule has 1 atom stereocenters. The summed E-state index contributed by atoms with van der Waals surface area (Å²) in [4.78, 5) is 39.5. The first kappa shape index (κ1) is 23.6. The van der Waals surface area contributed by atoms with Crippen LogP contribution >= 0.6 is 0 Å². The minimum atomic E-state index is -0.486. The van der Waals surface area contributed by atoms with Gasteiger partial charge in [-0.2, -0.15) is 5.26 Å². The molecule has 0 radical (unpaired) electrons. The summed E-state index contributed by atoms with van der Waals surface area (Å²) in [5, 5.41) is 13.2. The fourth-order valence-corrected chi connectivity index (χ4v) is 4.29. The largest absolute Gasteiger partial charge is 0.359 e. The Morgan fingerprint density at radius 1 is 1.00 bits per heavy atom. The summed E-state index contributed by atoms with van der Waals surface area (Å²) in [6, 6.07) is 19.6. The third-order valence-corrected chi connectivity index (χ3v) is 6.10. The molecule has 0 saturated carbocycles. The molecule has 9 heteroatoms. The van der Waals surface area contributed by atoms with Crippen molar-refractivity contribution in [3.63, 3.8) is 0 Å². The highest BCUT2D eigenvalue weighted by atomic mass is 16.1. The maximum absolute atomic E-state index is 14.2. The lowest BCUT2D eigenvalue weighted by molar-refractivity contribution is 0.729. The predicted molar refractivity (Wildman–Crippen MR) is 142 cm³/mol. The van der Waals surface area contributed by atoms with Gasteiger partial charge in [0, 0.05) is 19.3 Å². The van der Waals surface area contributed by atoms with Gasteiger partial charge in [0.1, 0.15) is 29.1 Å². The molecular weight excluding hydrogens is 466 g/mol. The number of hydrogen-bond donors (Lipinski definition) is 1. The Hall–Kier alpha value is -5.10. The van der Waals surface area contributed by atoms with Crippen LogP contribution in [0.4, 0.5) is 5.82 Å². The normalized spacial score (nSPS) is 11.7. The number of nitriles is 1. The molecule has 5 aromatic rings. The molecule has 0 aliphatic heterocycles. The van der Waals surface area contributed by atoms with E-state index in [1.165, 1.54) is 16.8 Å². The quantitative estimate of drug-likeness (QED) is 0.398. The van der Waals surface area contributed by atoms with E-state index in [1.807, 2.05) is 49.4 Å². The third-order valence-electron chi connectivity index (χ3n) is 6.10. The van der Waals surface area contributed by atoms with Gasteiger partial charge in [0.05, 0.1) is 28.8 Å². The number of aromatic nitrogens is 5. The van der Waals surface area contributed by atoms with E-state index in [4.69, 9.17) is 4.98 Å². The molecule has 0 bridgehead atoms. The second kappa shape index (κ2) is 9.51. The molecule has 0 spiro atoms. The van der Waals surface area contributed by atoms with Gasteiger partial charge in [-0.15, -0.1) is 0 Å². The maximum Gasteiger partial charge on any atom is 0.266 e. The van der Waals surface area contributed by atoms with Gasteiger partial charge in [0.15, 0.2) is 0 Å². The van der Waals surface area contributed by atoms with Gasteiger partial charge < -0.3 is 9.88 Å². The first-order valence-electron chi connectivity index (χ1n) is 11.7. The fraction of sp³-hybridized carbons (Fsp3) is 0.143. The lowest BCUT2D eigenvalue weighted by Gasteiger charge is -2.21. The Bertz CT molecular complexity index is 1800. The van der Waals surface area contributed by atoms with Gasteiger partial charge in [-0.25, -0.2) is 15.0 Å². The standard InChI is InChI=1S/C28H23N7O2/c1-17(31-26-20(14-29)15-30-18(2)32-26)27-33-23-11-7-10-22(19-12-13-24(36)34(3)16-19)25(23)28(37)35(27)21-8-5-4-6-9-21/h4-13,15-17H,1-3H3,(H,30,31,32). The summed E-state index contributed by atoms with van der Waals surface area (Å²) in [5.41, 5.74) is 2.50. The van der Waals surface area contributed by atoms with Crippen LogP contribution in [-0.4, -0.2) is 24.1 Å². The van der Waals surface area contributed by atoms with Crippen LogP contribution in [-0.2, 0) is 7.05 Å². The minimum absolute atomic E-state index is 0.136. The van der Waals surface area contributed by atoms with Gasteiger partial charge in [-0.3, -0.25) is 14.2 Å². The molecular formula is C28H23N7O2. The van der Waals surface area contributed by atoms with E-state index in [-0.39, 0.29) is 11.1 Å². The Morgan fingerprint density at radius 2 is 1.78 bits per heavy atom. The predicted octanol–water partition coefficient (Wildman–Crippen LogP) is 3.89. The van der Waals surface area contributed by atoms with Crippen LogP contribution in [0.25, 0.3) is 27.7 Å². The average molecular weight is 490 g/mol. The molecule has 182 valence electrons. The Balaban J connectivity index is 1.76. The highest BCUT2D eigenvalue weighted by molar-refractivity contribution is 5.94. The number of anilines is 1. The van der Waals surface area contributed by atoms with Crippen molar-refractivity contribution >= 4 is 16.7 Å². The molecule has 9 nitrogen and oxygen atoms in total. The van der Waals surface area contributed by atoms with E-state index in [0.29, 0.717) is 45.2 Å². The lowest BCUT2D eigenvalue weighted by atomic mass is 10.0. The smallest absolute Gasteiger partial charge is 0.266 e. The number of para-hydroxylation sites is 1. The second-order valence-electron chi connectivity index (χ2n) is 8.67. The van der Waals surface area contributed by atoms with Crippen LogP contribution in [0.2, 0.25) is 0 Å². The van der Waals surface area contributed by atoms with Crippen LogP contribution < -0.4 is 16.4 Å². The lowest BCUT2D eigenvalue weighted by Crippen LogP contribution is -2.28. The molecule has 3 aromatic heterocycles. The average Bonchev–Trinajstić information content (AvgIpc) is 2.90. The summed E-state index contributed by atoms with van der Waals surface area (Å²) < 4.78 is 3.06. The molecule has 1 N–H and O–H groups in total. The topological polar surface area (TPSA) is 118 Å². The zero-order valence-corrected chi connectivity index (χ0v) is 20.5. The first-order chi connectivity index (χ1) is 17.9. The third kappa shape index (κ3) is 4.36. The summed E-state index contributed by atoms with van der Waals surface area (Å²) in [7, 11) is 1.67. The number of nitrogens with zero attached hydrogens (tertiary/aromatic N) is 6. The number of benzene rings is 2. The molecule has 0 aliphatic carbocycles. The van der Waals surface area contributed by atoms with E-state index in [9.17, 15) is 14.9 Å². The van der Waals surface area contributed by atoms with Crippen molar-refractivity contribution in [2.45, 2.75) is 19.9 Å². The molecule has 2 aromatic carbocycles. The second-order valence-corrected chi connectivity index (χ2v) is 8.67. The Morgan fingerprint density at radius 3 is 2.51 bits per heavy atom. The van der Waals surface area contributed by atoms with Crippen molar-refractivity contribution in [2.75, 3.05) is 5.32 Å². The molecule has 0 saturated heterocycles. The molecule has 5 rings (SSSR count). The van der Waals surface area contributed by atoms with Crippen molar-refractivity contribution < 1.29 is 0 Å². The van der Waals surface area contributed by atoms with Crippen LogP contribution in [0.5, 0.6) is 0 Å². The van der Waals surface area contributed by atoms with E-state index < -0.39 is 6.04 Å². The van der Waals surface area contributed by atoms with Crippen molar-refractivity contribution in [1.29, 1.82) is 5.26 Å². The van der Waals surface area contributed by atoms with Gasteiger partial charge >= 0.3 is 0 Å². The number of fused-ring (bicyclic) bond motifs is 1. The van der Waals surface area contributed by atoms with Gasteiger partial charge in [0.2, 0.25) is 5.56 Å². The first-order valence-corrected chi connectivity index (χ1v) is 11.7. The van der Waals surface area contributed by atoms with Crippen molar-refractivity contribution in [3.05, 3.63) is 111 Å². The highest BCUT2D eigenvalue weighted by Crippen LogP contribution is 2.28. The van der Waals surface area contributed by atoms with Crippen molar-refractivity contribution in [3.8, 4) is 22.9 Å². The maximum atomic E-state index is 14.2. The van der Waals surface area contributed by atoms with E-state index in [2.05, 4.69) is 21.4 Å². The van der Waals surface area contributed by atoms with Gasteiger partial charge in [0.25, 0.3) is 5.56 Å². The Labute approximate surface area is 212 Å². The van der Waals surface area contributed by atoms with Gasteiger partial charge in [-0.05, 0) is 49.2 Å². The summed E-state index contributed by atoms with van der Waals surface area (Å²) in [5.74, 6) is 1.35. The summed E-state index contributed by atoms with van der Waals surface area (Å²) in [6.07, 6.45) is 3.18. The fourth-order valence-electron chi connectivity index (χ4n) is 4.29.